The maximum absolute atomic E-state index is 12.1. The zero-order valence-electron chi connectivity index (χ0n) is 19.0. The van der Waals surface area contributed by atoms with Gasteiger partial charge in [0.05, 0.1) is 0 Å². The van der Waals surface area contributed by atoms with Crippen LogP contribution in [-0.4, -0.2) is 11.1 Å². The van der Waals surface area contributed by atoms with E-state index in [0.29, 0.717) is 17.1 Å². The van der Waals surface area contributed by atoms with Crippen LogP contribution in [0.1, 0.15) is 83.6 Å². The molecule has 0 amide bonds. The summed E-state index contributed by atoms with van der Waals surface area (Å²) in [6.07, 6.45) is 0. The molecular weight excluding hydrogens is 360 g/mol. The van der Waals surface area contributed by atoms with Crippen LogP contribution < -0.4 is 4.74 Å². The van der Waals surface area contributed by atoms with Crippen LogP contribution in [0.25, 0.3) is 0 Å². The fraction of sp³-hybridized carbons (Fsp3) is 0.423. The second-order valence-electron chi connectivity index (χ2n) is 9.89. The highest BCUT2D eigenvalue weighted by Gasteiger charge is 2.28. The third-order valence-electron chi connectivity index (χ3n) is 5.22. The molecule has 1 N–H and O–H groups in total. The summed E-state index contributed by atoms with van der Waals surface area (Å²) in [7, 11) is 0. The van der Waals surface area contributed by atoms with E-state index in [-0.39, 0.29) is 16.7 Å². The van der Waals surface area contributed by atoms with E-state index in [1.807, 2.05) is 25.1 Å². The predicted molar refractivity (Wildman–Crippen MR) is 120 cm³/mol. The standard InChI is InChI=1S/C26H34O3/c1-16(2)24(28)29-22-13-11-10-12-19(22)17(3)20-14-18(25(4,5)6)15-21(23(20)27)26(7,8)9/h10-15,17,27H,1H2,2-9H3. The molecule has 0 radical (unpaired) electrons. The van der Waals surface area contributed by atoms with Crippen LogP contribution in [0.15, 0.2) is 48.6 Å². The van der Waals surface area contributed by atoms with Crippen molar-refractivity contribution in [1.82, 2.24) is 0 Å². The monoisotopic (exact) mass is 394 g/mol. The van der Waals surface area contributed by atoms with E-state index in [4.69, 9.17) is 4.74 Å². The van der Waals surface area contributed by atoms with Crippen molar-refractivity contribution in [3.8, 4) is 11.5 Å². The van der Waals surface area contributed by atoms with Crippen LogP contribution in [0, 0.1) is 0 Å². The fourth-order valence-corrected chi connectivity index (χ4v) is 3.28. The molecule has 1 unspecified atom stereocenters. The Labute approximate surface area is 175 Å². The van der Waals surface area contributed by atoms with Gasteiger partial charge < -0.3 is 9.84 Å². The summed E-state index contributed by atoms with van der Waals surface area (Å²) in [6, 6.07) is 11.7. The molecule has 0 heterocycles. The molecular formula is C26H34O3. The van der Waals surface area contributed by atoms with Gasteiger partial charge in [0, 0.05) is 22.6 Å². The Morgan fingerprint density at radius 3 is 2.10 bits per heavy atom. The van der Waals surface area contributed by atoms with Crippen LogP contribution in [-0.2, 0) is 15.6 Å². The highest BCUT2D eigenvalue weighted by molar-refractivity contribution is 5.89. The smallest absolute Gasteiger partial charge is 0.338 e. The number of aromatic hydroxyl groups is 1. The molecule has 0 bridgehead atoms. The molecule has 2 rings (SSSR count). The maximum atomic E-state index is 12.1. The lowest BCUT2D eigenvalue weighted by Gasteiger charge is -2.29. The Balaban J connectivity index is 2.66. The maximum Gasteiger partial charge on any atom is 0.338 e. The summed E-state index contributed by atoms with van der Waals surface area (Å²) in [6.45, 7) is 20.1. The molecule has 0 aliphatic carbocycles. The lowest BCUT2D eigenvalue weighted by atomic mass is 9.76. The van der Waals surface area contributed by atoms with Gasteiger partial charge in [-0.3, -0.25) is 0 Å². The summed E-state index contributed by atoms with van der Waals surface area (Å²) >= 11 is 0. The van der Waals surface area contributed by atoms with E-state index < -0.39 is 5.97 Å². The molecule has 1 atom stereocenters. The fourth-order valence-electron chi connectivity index (χ4n) is 3.28. The third kappa shape index (κ3) is 5.09. The van der Waals surface area contributed by atoms with Crippen molar-refractivity contribution in [2.45, 2.75) is 72.1 Å². The van der Waals surface area contributed by atoms with Crippen LogP contribution in [0.3, 0.4) is 0 Å². The number of ether oxygens (including phenoxy) is 1. The molecule has 2 aromatic carbocycles. The SMILES string of the molecule is C=C(C)C(=O)Oc1ccccc1C(C)c1cc(C(C)(C)C)cc(C(C)(C)C)c1O. The number of hydrogen-bond acceptors (Lipinski definition) is 3. The average Bonchev–Trinajstić information content (AvgIpc) is 2.59. The Hall–Kier alpha value is -2.55. The second-order valence-corrected chi connectivity index (χ2v) is 9.89. The van der Waals surface area contributed by atoms with E-state index >= 15 is 0 Å². The molecule has 0 aliphatic heterocycles. The lowest BCUT2D eigenvalue weighted by molar-refractivity contribution is -0.130. The van der Waals surface area contributed by atoms with Gasteiger partial charge in [-0.2, -0.15) is 0 Å². The van der Waals surface area contributed by atoms with Crippen molar-refractivity contribution in [1.29, 1.82) is 0 Å². The van der Waals surface area contributed by atoms with Gasteiger partial charge in [0.1, 0.15) is 11.5 Å². The van der Waals surface area contributed by atoms with Crippen molar-refractivity contribution in [2.24, 2.45) is 0 Å². The highest BCUT2D eigenvalue weighted by atomic mass is 16.5. The molecule has 29 heavy (non-hydrogen) atoms. The predicted octanol–water partition coefficient (Wildman–Crippen LogP) is 6.62. The summed E-state index contributed by atoms with van der Waals surface area (Å²) in [5, 5.41) is 11.2. The molecule has 2 aromatic rings. The number of benzene rings is 2. The summed E-state index contributed by atoms with van der Waals surface area (Å²) in [5.41, 5.74) is 3.85. The second kappa shape index (κ2) is 8.06. The number of rotatable bonds is 4. The summed E-state index contributed by atoms with van der Waals surface area (Å²) < 4.78 is 5.56. The first-order valence-corrected chi connectivity index (χ1v) is 10.1. The molecule has 3 heteroatoms. The Bertz CT molecular complexity index is 924. The molecule has 0 saturated heterocycles. The summed E-state index contributed by atoms with van der Waals surface area (Å²) in [5.74, 6) is 0.185. The zero-order valence-corrected chi connectivity index (χ0v) is 19.0. The van der Waals surface area contributed by atoms with Gasteiger partial charge in [-0.05, 0) is 34.9 Å². The molecule has 0 aromatic heterocycles. The van der Waals surface area contributed by atoms with Gasteiger partial charge in [-0.15, -0.1) is 0 Å². The molecule has 0 saturated carbocycles. The van der Waals surface area contributed by atoms with E-state index in [1.54, 1.807) is 13.0 Å². The topological polar surface area (TPSA) is 46.5 Å². The molecule has 3 nitrogen and oxygen atoms in total. The van der Waals surface area contributed by atoms with Crippen molar-refractivity contribution < 1.29 is 14.6 Å². The largest absolute Gasteiger partial charge is 0.507 e. The van der Waals surface area contributed by atoms with E-state index in [9.17, 15) is 9.90 Å². The minimum atomic E-state index is -0.451. The van der Waals surface area contributed by atoms with Crippen LogP contribution >= 0.6 is 0 Å². The Morgan fingerprint density at radius 1 is 1.00 bits per heavy atom. The summed E-state index contributed by atoms with van der Waals surface area (Å²) in [4.78, 5) is 12.1. The third-order valence-corrected chi connectivity index (χ3v) is 5.22. The van der Waals surface area contributed by atoms with Crippen molar-refractivity contribution in [2.75, 3.05) is 0 Å². The van der Waals surface area contributed by atoms with Crippen LogP contribution in [0.2, 0.25) is 0 Å². The first kappa shape index (κ1) is 22.7. The lowest BCUT2D eigenvalue weighted by Crippen LogP contribution is -2.18. The van der Waals surface area contributed by atoms with Gasteiger partial charge >= 0.3 is 5.97 Å². The van der Waals surface area contributed by atoms with E-state index in [0.717, 1.165) is 16.7 Å². The highest BCUT2D eigenvalue weighted by Crippen LogP contribution is 2.43. The number of para-hydroxylation sites is 1. The number of hydrogen-bond donors (Lipinski definition) is 1. The average molecular weight is 395 g/mol. The number of phenols is 1. The number of esters is 1. The Kier molecular flexibility index (Phi) is 6.32. The molecule has 0 fully saturated rings. The van der Waals surface area contributed by atoms with E-state index in [1.165, 1.54) is 5.56 Å². The van der Waals surface area contributed by atoms with Crippen molar-refractivity contribution in [3.63, 3.8) is 0 Å². The minimum Gasteiger partial charge on any atom is -0.507 e. The number of phenolic OH excluding ortho intramolecular Hbond substituents is 1. The molecule has 0 spiro atoms. The molecule has 0 aliphatic rings. The quantitative estimate of drug-likeness (QED) is 0.360. The zero-order chi connectivity index (χ0) is 22.1. The molecule has 156 valence electrons. The van der Waals surface area contributed by atoms with Gasteiger partial charge in [-0.25, -0.2) is 4.79 Å². The number of carbonyl (C=O) groups excluding carboxylic acids is 1. The van der Waals surface area contributed by atoms with Gasteiger partial charge in [-0.1, -0.05) is 85.4 Å². The minimum absolute atomic E-state index is 0.0614. The van der Waals surface area contributed by atoms with Crippen molar-refractivity contribution in [3.05, 3.63) is 70.8 Å². The van der Waals surface area contributed by atoms with Crippen LogP contribution in [0.4, 0.5) is 0 Å². The number of carbonyl (C=O) groups is 1. The normalized spacial score (nSPS) is 13.1. The first-order valence-electron chi connectivity index (χ1n) is 10.1. The van der Waals surface area contributed by atoms with Gasteiger partial charge in [0.2, 0.25) is 0 Å². The van der Waals surface area contributed by atoms with E-state index in [2.05, 4.69) is 60.3 Å². The van der Waals surface area contributed by atoms with Gasteiger partial charge in [0.25, 0.3) is 0 Å². The van der Waals surface area contributed by atoms with Crippen molar-refractivity contribution >= 4 is 5.97 Å². The van der Waals surface area contributed by atoms with Gasteiger partial charge in [0.15, 0.2) is 0 Å². The van der Waals surface area contributed by atoms with Crippen LogP contribution in [0.5, 0.6) is 11.5 Å². The Morgan fingerprint density at radius 2 is 1.59 bits per heavy atom. The first-order chi connectivity index (χ1) is 13.2.